The SMILES string of the molecule is CCCCC(CC)C[NH+](CC(CC)CCCC)CC(CC)CCCC.O=S(=O)([O-])C(F)(F)C(F)(F)C(F)(F)C(F)(F)F. The van der Waals surface area contributed by atoms with Crippen LogP contribution in [0.25, 0.3) is 0 Å². The van der Waals surface area contributed by atoms with Crippen LogP contribution in [0, 0.1) is 17.8 Å². The lowest BCUT2D eigenvalue weighted by Gasteiger charge is -2.34. The average molecular weight is 654 g/mol. The van der Waals surface area contributed by atoms with Gasteiger partial charge in [-0.05, 0) is 38.5 Å². The fourth-order valence-electron chi connectivity index (χ4n) is 4.82. The number of halogens is 9. The van der Waals surface area contributed by atoms with Gasteiger partial charge in [-0.25, -0.2) is 8.42 Å². The van der Waals surface area contributed by atoms with E-state index in [2.05, 4.69) is 41.5 Å². The second-order valence-corrected chi connectivity index (χ2v) is 12.7. The maximum absolute atomic E-state index is 12.2. The molecule has 0 aliphatic heterocycles. The third-order valence-electron chi connectivity index (χ3n) is 7.79. The van der Waals surface area contributed by atoms with Crippen LogP contribution in [-0.4, -0.2) is 55.9 Å². The number of nitrogens with one attached hydrogen (secondary N) is 1. The Kier molecular flexibility index (Phi) is 20.2. The summed E-state index contributed by atoms with van der Waals surface area (Å²) in [6, 6.07) is 0. The Labute approximate surface area is 246 Å². The van der Waals surface area contributed by atoms with E-state index in [0.29, 0.717) is 0 Å². The van der Waals surface area contributed by atoms with E-state index >= 15 is 0 Å². The summed E-state index contributed by atoms with van der Waals surface area (Å²) in [6.07, 6.45) is 9.66. The number of alkyl halides is 9. The molecule has 0 saturated heterocycles. The van der Waals surface area contributed by atoms with Crippen molar-refractivity contribution >= 4 is 10.1 Å². The Morgan fingerprint density at radius 2 is 0.857 bits per heavy atom. The van der Waals surface area contributed by atoms with Gasteiger partial charge < -0.3 is 9.45 Å². The highest BCUT2D eigenvalue weighted by Gasteiger charge is 2.83. The van der Waals surface area contributed by atoms with E-state index in [0.717, 1.165) is 17.8 Å². The van der Waals surface area contributed by atoms with Gasteiger partial charge in [-0.15, -0.1) is 0 Å². The molecule has 0 spiro atoms. The van der Waals surface area contributed by atoms with Gasteiger partial charge in [0.05, 0.1) is 19.6 Å². The highest BCUT2D eigenvalue weighted by atomic mass is 32.2. The van der Waals surface area contributed by atoms with E-state index in [1.54, 1.807) is 0 Å². The lowest BCUT2D eigenvalue weighted by Crippen LogP contribution is -3.14. The fourth-order valence-corrected chi connectivity index (χ4v) is 5.26. The van der Waals surface area contributed by atoms with Crippen molar-refractivity contribution in [1.29, 1.82) is 0 Å². The Bertz CT molecular complexity index is 766. The van der Waals surface area contributed by atoms with Crippen molar-refractivity contribution in [3.63, 3.8) is 0 Å². The van der Waals surface area contributed by atoms with Gasteiger partial charge in [-0.3, -0.25) is 0 Å². The molecule has 0 bridgehead atoms. The van der Waals surface area contributed by atoms with Gasteiger partial charge in [0.1, 0.15) is 0 Å². The summed E-state index contributed by atoms with van der Waals surface area (Å²) in [5, 5.41) is -7.11. The van der Waals surface area contributed by atoms with Crippen molar-refractivity contribution in [1.82, 2.24) is 0 Å². The molecule has 0 aromatic heterocycles. The van der Waals surface area contributed by atoms with Crippen LogP contribution in [0.1, 0.15) is 119 Å². The van der Waals surface area contributed by atoms with E-state index in [4.69, 9.17) is 0 Å². The van der Waals surface area contributed by atoms with Crippen molar-refractivity contribution in [2.75, 3.05) is 19.6 Å². The van der Waals surface area contributed by atoms with Gasteiger partial charge in [0, 0.05) is 17.8 Å². The number of hydrogen-bond donors (Lipinski definition) is 1. The van der Waals surface area contributed by atoms with Crippen molar-refractivity contribution in [3.05, 3.63) is 0 Å². The molecule has 14 heteroatoms. The Hall–Kier alpha value is -0.760. The van der Waals surface area contributed by atoms with Gasteiger partial charge >= 0.3 is 23.3 Å². The zero-order valence-electron chi connectivity index (χ0n) is 25.9. The molecule has 0 radical (unpaired) electrons. The topological polar surface area (TPSA) is 61.6 Å². The number of quaternary nitrogens is 1. The minimum Gasteiger partial charge on any atom is -0.743 e. The Morgan fingerprint density at radius 1 is 0.571 bits per heavy atom. The lowest BCUT2D eigenvalue weighted by molar-refractivity contribution is -0.910. The third kappa shape index (κ3) is 13.5. The minimum atomic E-state index is -7.43. The molecule has 0 rings (SSSR count). The summed E-state index contributed by atoms with van der Waals surface area (Å²) in [5.41, 5.74) is 0. The quantitative estimate of drug-likeness (QED) is 0.0999. The molecule has 3 unspecified atom stereocenters. The zero-order valence-corrected chi connectivity index (χ0v) is 26.7. The molecule has 0 heterocycles. The van der Waals surface area contributed by atoms with Crippen molar-refractivity contribution < 1.29 is 57.4 Å². The van der Waals surface area contributed by atoms with Crippen LogP contribution in [0.2, 0.25) is 0 Å². The van der Waals surface area contributed by atoms with E-state index in [9.17, 15) is 52.5 Å². The maximum Gasteiger partial charge on any atom is 0.460 e. The second kappa shape index (κ2) is 19.6. The first-order valence-electron chi connectivity index (χ1n) is 15.1. The van der Waals surface area contributed by atoms with Crippen LogP contribution in [0.15, 0.2) is 0 Å². The van der Waals surface area contributed by atoms with E-state index in [-0.39, 0.29) is 0 Å². The van der Waals surface area contributed by atoms with Crippen LogP contribution in [0.4, 0.5) is 39.5 Å². The molecule has 0 aromatic rings. The highest BCUT2D eigenvalue weighted by molar-refractivity contribution is 7.86. The first-order chi connectivity index (χ1) is 19.1. The lowest BCUT2D eigenvalue weighted by atomic mass is 9.93. The zero-order chi connectivity index (χ0) is 33.4. The maximum atomic E-state index is 12.2. The Balaban J connectivity index is 0. The van der Waals surface area contributed by atoms with Gasteiger partial charge in [0.15, 0.2) is 10.1 Å². The molecular formula is C28H52F9NO3S. The van der Waals surface area contributed by atoms with Crippen molar-refractivity contribution in [2.45, 2.75) is 142 Å². The molecule has 0 aliphatic rings. The summed E-state index contributed by atoms with van der Waals surface area (Å²) < 4.78 is 135. The number of rotatable bonds is 21. The summed E-state index contributed by atoms with van der Waals surface area (Å²) in [7, 11) is -7.42. The summed E-state index contributed by atoms with van der Waals surface area (Å²) in [6.45, 7) is 18.6. The molecule has 42 heavy (non-hydrogen) atoms. The second-order valence-electron chi connectivity index (χ2n) is 11.2. The monoisotopic (exact) mass is 653 g/mol. The van der Waals surface area contributed by atoms with Gasteiger partial charge in [-0.1, -0.05) is 80.1 Å². The van der Waals surface area contributed by atoms with E-state index < -0.39 is 33.4 Å². The molecule has 0 fully saturated rings. The van der Waals surface area contributed by atoms with E-state index in [1.165, 1.54) is 96.7 Å². The molecule has 1 N–H and O–H groups in total. The largest absolute Gasteiger partial charge is 0.743 e. The minimum absolute atomic E-state index is 0.947. The molecule has 256 valence electrons. The highest BCUT2D eigenvalue weighted by Crippen LogP contribution is 2.54. The summed E-state index contributed by atoms with van der Waals surface area (Å²) in [4.78, 5) is 1.94. The molecule has 0 aromatic carbocycles. The smallest absolute Gasteiger partial charge is 0.460 e. The number of hydrogen-bond acceptors (Lipinski definition) is 3. The number of unbranched alkanes of at least 4 members (excludes halogenated alkanes) is 3. The van der Waals surface area contributed by atoms with E-state index in [1.807, 2.05) is 4.90 Å². The molecule has 4 nitrogen and oxygen atoms in total. The van der Waals surface area contributed by atoms with Crippen LogP contribution in [0.3, 0.4) is 0 Å². The summed E-state index contributed by atoms with van der Waals surface area (Å²) in [5.74, 6) is -12.0. The molecule has 3 atom stereocenters. The Morgan fingerprint density at radius 3 is 1.05 bits per heavy atom. The first-order valence-corrected chi connectivity index (χ1v) is 16.5. The fraction of sp³-hybridized carbons (Fsp3) is 1.00. The first kappa shape index (κ1) is 43.4. The molecule has 0 amide bonds. The van der Waals surface area contributed by atoms with Gasteiger partial charge in [0.2, 0.25) is 0 Å². The van der Waals surface area contributed by atoms with Crippen molar-refractivity contribution in [2.24, 2.45) is 17.8 Å². The normalized spacial score (nSPS) is 16.4. The van der Waals surface area contributed by atoms with Gasteiger partial charge in [0.25, 0.3) is 0 Å². The van der Waals surface area contributed by atoms with Crippen LogP contribution in [-0.2, 0) is 10.1 Å². The predicted molar refractivity (Wildman–Crippen MR) is 146 cm³/mol. The predicted octanol–water partition coefficient (Wildman–Crippen LogP) is 8.48. The van der Waals surface area contributed by atoms with Crippen LogP contribution >= 0.6 is 0 Å². The van der Waals surface area contributed by atoms with Crippen LogP contribution in [0.5, 0.6) is 0 Å². The molecular weight excluding hydrogens is 601 g/mol. The standard InChI is InChI=1S/C24H51N.C4HF9O3S/c1-7-13-16-22(10-4)19-25(20-23(11-5)17-14-8-2)21-24(12-6)18-15-9-3;5-1(6,3(9,10)11)2(7,8)4(12,13)17(14,15)16/h22-24H,7-21H2,1-6H3;(H,14,15,16). The average Bonchev–Trinajstić information content (AvgIpc) is 2.89. The third-order valence-corrected chi connectivity index (χ3v) is 8.68. The van der Waals surface area contributed by atoms with Crippen LogP contribution < -0.4 is 4.90 Å². The molecule has 0 saturated carbocycles. The van der Waals surface area contributed by atoms with Crippen molar-refractivity contribution in [3.8, 4) is 0 Å². The summed E-state index contributed by atoms with van der Waals surface area (Å²) >= 11 is 0. The van der Waals surface area contributed by atoms with Gasteiger partial charge in [-0.2, -0.15) is 39.5 Å². The molecule has 0 aliphatic carbocycles.